The van der Waals surface area contributed by atoms with Crippen molar-refractivity contribution < 1.29 is 13.5 Å². The topological polar surface area (TPSA) is 21.3 Å². The molecule has 20 heavy (non-hydrogen) atoms. The van der Waals surface area contributed by atoms with E-state index in [0.29, 0.717) is 12.3 Å². The van der Waals surface area contributed by atoms with Gasteiger partial charge in [-0.15, -0.1) is 0 Å². The average Bonchev–Trinajstić information content (AvgIpc) is 2.84. The molecule has 1 spiro atoms. The second-order valence-corrected chi connectivity index (χ2v) is 6.67. The number of hydrogen-bond donors (Lipinski definition) is 1. The van der Waals surface area contributed by atoms with E-state index >= 15 is 0 Å². The van der Waals surface area contributed by atoms with Crippen LogP contribution in [0.5, 0.6) is 0 Å². The first-order valence-electron chi connectivity index (χ1n) is 7.13. The predicted octanol–water partition coefficient (Wildman–Crippen LogP) is 4.63. The third-order valence-corrected chi connectivity index (χ3v) is 4.99. The van der Waals surface area contributed by atoms with Gasteiger partial charge >= 0.3 is 0 Å². The van der Waals surface area contributed by atoms with Gasteiger partial charge in [0.15, 0.2) is 0 Å². The molecule has 1 aliphatic carbocycles. The summed E-state index contributed by atoms with van der Waals surface area (Å²) in [5.74, 6) is -1.12. The van der Waals surface area contributed by atoms with Crippen LogP contribution in [-0.4, -0.2) is 18.2 Å². The van der Waals surface area contributed by atoms with Gasteiger partial charge in [0.25, 0.3) is 0 Å². The molecule has 1 saturated carbocycles. The Kier molecular flexibility index (Phi) is 4.00. The van der Waals surface area contributed by atoms with Gasteiger partial charge in [-0.3, -0.25) is 0 Å². The van der Waals surface area contributed by atoms with Crippen molar-refractivity contribution in [3.8, 4) is 0 Å². The molecule has 1 aromatic rings. The van der Waals surface area contributed by atoms with Crippen LogP contribution in [0.15, 0.2) is 16.6 Å². The monoisotopic (exact) mass is 345 g/mol. The summed E-state index contributed by atoms with van der Waals surface area (Å²) in [5.41, 5.74) is 0.349. The van der Waals surface area contributed by atoms with Gasteiger partial charge in [0.05, 0.1) is 15.8 Å². The Balaban J connectivity index is 1.73. The van der Waals surface area contributed by atoms with E-state index in [-0.39, 0.29) is 16.1 Å². The highest BCUT2D eigenvalue weighted by molar-refractivity contribution is 9.10. The van der Waals surface area contributed by atoms with E-state index in [1.54, 1.807) is 0 Å². The number of halogens is 3. The molecule has 0 aromatic heterocycles. The molecule has 0 radical (unpaired) electrons. The Labute approximate surface area is 126 Å². The van der Waals surface area contributed by atoms with E-state index in [1.165, 1.54) is 18.9 Å². The van der Waals surface area contributed by atoms with E-state index in [9.17, 15) is 8.78 Å². The first-order chi connectivity index (χ1) is 9.58. The minimum absolute atomic E-state index is 0.0103. The largest absolute Gasteiger partial charge is 0.380 e. The highest BCUT2D eigenvalue weighted by atomic mass is 79.9. The van der Waals surface area contributed by atoms with Crippen LogP contribution in [-0.2, 0) is 4.74 Å². The lowest BCUT2D eigenvalue weighted by molar-refractivity contribution is -0.0767. The number of anilines is 1. The maximum atomic E-state index is 13.8. The number of benzene rings is 1. The van der Waals surface area contributed by atoms with Gasteiger partial charge in [-0.25, -0.2) is 8.78 Å². The number of rotatable bonds is 2. The van der Waals surface area contributed by atoms with Crippen molar-refractivity contribution in [2.45, 2.75) is 50.2 Å². The summed E-state index contributed by atoms with van der Waals surface area (Å²) in [6.07, 6.45) is 6.38. The second-order valence-electron chi connectivity index (χ2n) is 5.82. The van der Waals surface area contributed by atoms with Crippen molar-refractivity contribution in [2.24, 2.45) is 0 Å². The van der Waals surface area contributed by atoms with Gasteiger partial charge in [0.1, 0.15) is 11.6 Å². The van der Waals surface area contributed by atoms with Crippen molar-refractivity contribution in [3.05, 3.63) is 28.2 Å². The second kappa shape index (κ2) is 5.60. The number of nitrogens with one attached hydrogen (secondary N) is 1. The normalized spacial score (nSPS) is 25.1. The zero-order valence-electron chi connectivity index (χ0n) is 11.2. The van der Waals surface area contributed by atoms with Crippen molar-refractivity contribution in [3.63, 3.8) is 0 Å². The number of ether oxygens (including phenoxy) is 1. The Bertz CT molecular complexity index is 503. The van der Waals surface area contributed by atoms with Crippen LogP contribution >= 0.6 is 15.9 Å². The Morgan fingerprint density at radius 2 is 1.95 bits per heavy atom. The van der Waals surface area contributed by atoms with Crippen LogP contribution in [0.1, 0.15) is 38.5 Å². The van der Waals surface area contributed by atoms with E-state index < -0.39 is 11.6 Å². The van der Waals surface area contributed by atoms with Crippen molar-refractivity contribution in [2.75, 3.05) is 11.9 Å². The highest BCUT2D eigenvalue weighted by Gasteiger charge is 2.40. The van der Waals surface area contributed by atoms with E-state index in [4.69, 9.17) is 4.74 Å². The van der Waals surface area contributed by atoms with Gasteiger partial charge in [-0.1, -0.05) is 12.8 Å². The first-order valence-corrected chi connectivity index (χ1v) is 7.92. The van der Waals surface area contributed by atoms with Crippen LogP contribution in [0, 0.1) is 11.6 Å². The fourth-order valence-electron chi connectivity index (χ4n) is 3.37. The van der Waals surface area contributed by atoms with Gasteiger partial charge < -0.3 is 10.1 Å². The minimum Gasteiger partial charge on any atom is -0.380 e. The third kappa shape index (κ3) is 2.84. The van der Waals surface area contributed by atoms with Crippen molar-refractivity contribution in [1.82, 2.24) is 0 Å². The molecule has 1 N–H and O–H groups in total. The standard InChI is InChI=1S/C15H18BrF2NO/c16-11-7-14(13(18)8-12(11)17)19-10-3-6-20-15(9-10)4-1-2-5-15/h7-8,10,19H,1-6,9H2. The van der Waals surface area contributed by atoms with E-state index in [1.807, 2.05) is 0 Å². The molecular formula is C15H18BrF2NO. The van der Waals surface area contributed by atoms with Crippen LogP contribution in [0.4, 0.5) is 14.5 Å². The molecule has 1 aromatic carbocycles. The molecule has 5 heteroatoms. The van der Waals surface area contributed by atoms with Crippen LogP contribution in [0.25, 0.3) is 0 Å². The molecule has 2 nitrogen and oxygen atoms in total. The summed E-state index contributed by atoms with van der Waals surface area (Å²) in [6.45, 7) is 0.710. The number of hydrogen-bond acceptors (Lipinski definition) is 2. The summed E-state index contributed by atoms with van der Waals surface area (Å²) in [7, 11) is 0. The first kappa shape index (κ1) is 14.3. The molecule has 2 aliphatic rings. The maximum absolute atomic E-state index is 13.8. The van der Waals surface area contributed by atoms with E-state index in [0.717, 1.165) is 31.7 Å². The zero-order valence-corrected chi connectivity index (χ0v) is 12.8. The fourth-order valence-corrected chi connectivity index (χ4v) is 3.72. The van der Waals surface area contributed by atoms with Gasteiger partial charge in [0, 0.05) is 18.7 Å². The summed E-state index contributed by atoms with van der Waals surface area (Å²) in [5, 5.41) is 3.22. The van der Waals surface area contributed by atoms with Gasteiger partial charge in [0.2, 0.25) is 0 Å². The summed E-state index contributed by atoms with van der Waals surface area (Å²) >= 11 is 3.10. The molecule has 0 amide bonds. The molecule has 1 heterocycles. The molecular weight excluding hydrogens is 328 g/mol. The fraction of sp³-hybridized carbons (Fsp3) is 0.600. The molecule has 1 atom stereocenters. The Morgan fingerprint density at radius 1 is 1.20 bits per heavy atom. The SMILES string of the molecule is Fc1cc(F)c(NC2CCOC3(CCCC3)C2)cc1Br. The molecule has 1 aliphatic heterocycles. The third-order valence-electron chi connectivity index (χ3n) is 4.38. The minimum atomic E-state index is -0.577. The quantitative estimate of drug-likeness (QED) is 0.789. The Hall–Kier alpha value is -0.680. The van der Waals surface area contributed by atoms with Gasteiger partial charge in [-0.2, -0.15) is 0 Å². The van der Waals surface area contributed by atoms with E-state index in [2.05, 4.69) is 21.2 Å². The lowest BCUT2D eigenvalue weighted by Crippen LogP contribution is -2.42. The molecule has 1 saturated heterocycles. The van der Waals surface area contributed by atoms with Crippen LogP contribution in [0.2, 0.25) is 0 Å². The van der Waals surface area contributed by atoms with Crippen LogP contribution < -0.4 is 5.32 Å². The lowest BCUT2D eigenvalue weighted by atomic mass is 9.89. The molecule has 1 unspecified atom stereocenters. The zero-order chi connectivity index (χ0) is 14.2. The maximum Gasteiger partial charge on any atom is 0.149 e. The van der Waals surface area contributed by atoms with Crippen molar-refractivity contribution in [1.29, 1.82) is 0 Å². The lowest BCUT2D eigenvalue weighted by Gasteiger charge is -2.39. The smallest absolute Gasteiger partial charge is 0.149 e. The summed E-state index contributed by atoms with van der Waals surface area (Å²) in [6, 6.07) is 2.58. The molecule has 3 rings (SSSR count). The average molecular weight is 346 g/mol. The van der Waals surface area contributed by atoms with Gasteiger partial charge in [-0.05, 0) is 47.7 Å². The van der Waals surface area contributed by atoms with Crippen molar-refractivity contribution >= 4 is 21.6 Å². The predicted molar refractivity (Wildman–Crippen MR) is 77.9 cm³/mol. The summed E-state index contributed by atoms with van der Waals surface area (Å²) in [4.78, 5) is 0. The molecule has 2 fully saturated rings. The highest BCUT2D eigenvalue weighted by Crippen LogP contribution is 2.40. The van der Waals surface area contributed by atoms with Crippen LogP contribution in [0.3, 0.4) is 0 Å². The molecule has 110 valence electrons. The Morgan fingerprint density at radius 3 is 2.70 bits per heavy atom. The summed E-state index contributed by atoms with van der Waals surface area (Å²) < 4.78 is 33.3. The molecule has 0 bridgehead atoms.